The van der Waals surface area contributed by atoms with Gasteiger partial charge in [-0.15, -0.1) is 0 Å². The lowest BCUT2D eigenvalue weighted by atomic mass is 10.0. The summed E-state index contributed by atoms with van der Waals surface area (Å²) < 4.78 is 5.91. The van der Waals surface area contributed by atoms with E-state index in [4.69, 9.17) is 4.74 Å². The van der Waals surface area contributed by atoms with Crippen LogP contribution in [0.3, 0.4) is 0 Å². The Morgan fingerprint density at radius 2 is 1.72 bits per heavy atom. The van der Waals surface area contributed by atoms with Gasteiger partial charge >= 0.3 is 0 Å². The highest BCUT2D eigenvalue weighted by Crippen LogP contribution is 2.29. The molecule has 4 rings (SSSR count). The molecule has 0 atom stereocenters. The van der Waals surface area contributed by atoms with Crippen molar-refractivity contribution in [2.24, 2.45) is 0 Å². The van der Waals surface area contributed by atoms with Gasteiger partial charge in [-0.25, -0.2) is 0 Å². The number of hydrogen-bond acceptors (Lipinski definition) is 5. The Labute approximate surface area is 187 Å². The van der Waals surface area contributed by atoms with Crippen molar-refractivity contribution in [3.8, 4) is 11.5 Å². The minimum Gasteiger partial charge on any atom is -0.455 e. The van der Waals surface area contributed by atoms with E-state index >= 15 is 0 Å². The number of piperidine rings is 1. The number of amides is 2. The van der Waals surface area contributed by atoms with Crippen molar-refractivity contribution in [1.82, 2.24) is 15.2 Å². The summed E-state index contributed by atoms with van der Waals surface area (Å²) in [6.07, 6.45) is 4.81. The van der Waals surface area contributed by atoms with Gasteiger partial charge in [-0.1, -0.05) is 30.3 Å². The first-order valence-corrected chi connectivity index (χ1v) is 10.7. The lowest BCUT2D eigenvalue weighted by molar-refractivity contribution is -0.117. The van der Waals surface area contributed by atoms with Crippen LogP contribution in [0, 0.1) is 0 Å². The summed E-state index contributed by atoms with van der Waals surface area (Å²) in [5.41, 5.74) is 1.20. The maximum absolute atomic E-state index is 12.6. The third kappa shape index (κ3) is 5.92. The molecule has 0 spiro atoms. The van der Waals surface area contributed by atoms with Gasteiger partial charge in [-0.05, 0) is 49.2 Å². The van der Waals surface area contributed by atoms with E-state index in [0.29, 0.717) is 29.3 Å². The van der Waals surface area contributed by atoms with Crippen LogP contribution in [-0.2, 0) is 4.79 Å². The molecule has 0 bridgehead atoms. The second-order valence-electron chi connectivity index (χ2n) is 7.73. The molecule has 7 nitrogen and oxygen atoms in total. The normalized spacial score (nSPS) is 14.5. The summed E-state index contributed by atoms with van der Waals surface area (Å²) in [5.74, 6) is 1.12. The molecule has 1 aliphatic rings. The number of rotatable bonds is 7. The van der Waals surface area contributed by atoms with Crippen LogP contribution in [0.2, 0.25) is 0 Å². The molecule has 0 unspecified atom stereocenters. The Morgan fingerprint density at radius 3 is 2.47 bits per heavy atom. The van der Waals surface area contributed by atoms with Gasteiger partial charge in [0.2, 0.25) is 5.91 Å². The molecular formula is C25H26N4O3. The molecule has 2 aromatic carbocycles. The van der Waals surface area contributed by atoms with E-state index in [-0.39, 0.29) is 17.9 Å². The summed E-state index contributed by atoms with van der Waals surface area (Å²) in [6.45, 7) is 1.78. The van der Waals surface area contributed by atoms with Gasteiger partial charge in [0.1, 0.15) is 5.75 Å². The highest BCUT2D eigenvalue weighted by atomic mass is 16.5. The summed E-state index contributed by atoms with van der Waals surface area (Å²) >= 11 is 0. The first-order chi connectivity index (χ1) is 15.7. The lowest BCUT2D eigenvalue weighted by Gasteiger charge is -2.31. The van der Waals surface area contributed by atoms with Gasteiger partial charge in [0.15, 0.2) is 5.75 Å². The number of nitrogens with one attached hydrogen (secondary N) is 2. The topological polar surface area (TPSA) is 83.6 Å². The largest absolute Gasteiger partial charge is 0.455 e. The van der Waals surface area contributed by atoms with E-state index in [1.54, 1.807) is 24.5 Å². The smallest absolute Gasteiger partial charge is 0.253 e. The minimum absolute atomic E-state index is 0.0908. The summed E-state index contributed by atoms with van der Waals surface area (Å²) in [5, 5.41) is 6.02. The average molecular weight is 431 g/mol. The standard InChI is InChI=1S/C25H26N4O3/c30-24(28-22-10-4-5-11-23(22)32-21-8-2-1-3-9-21)18-29-15-12-20(13-16-29)27-25(31)19-7-6-14-26-17-19/h1-11,14,17,20H,12-13,15-16,18H2,(H,27,31)(H,28,30). The zero-order valence-corrected chi connectivity index (χ0v) is 17.7. The second kappa shape index (κ2) is 10.5. The van der Waals surface area contributed by atoms with Gasteiger partial charge in [0.25, 0.3) is 5.91 Å². The number of ether oxygens (including phenoxy) is 1. The minimum atomic E-state index is -0.107. The number of nitrogens with zero attached hydrogens (tertiary/aromatic N) is 2. The van der Waals surface area contributed by atoms with Crippen LogP contribution in [0.4, 0.5) is 5.69 Å². The van der Waals surface area contributed by atoms with Crippen LogP contribution in [0.1, 0.15) is 23.2 Å². The molecule has 3 aromatic rings. The number of anilines is 1. The number of carbonyl (C=O) groups is 2. The summed E-state index contributed by atoms with van der Waals surface area (Å²) in [4.78, 5) is 31.0. The summed E-state index contributed by atoms with van der Waals surface area (Å²) in [6, 6.07) is 20.5. The van der Waals surface area contributed by atoms with Crippen molar-refractivity contribution in [3.63, 3.8) is 0 Å². The van der Waals surface area contributed by atoms with Gasteiger partial charge < -0.3 is 15.4 Å². The molecule has 0 saturated carbocycles. The third-order valence-electron chi connectivity index (χ3n) is 5.35. The number of pyridine rings is 1. The predicted octanol–water partition coefficient (Wildman–Crippen LogP) is 3.71. The highest BCUT2D eigenvalue weighted by Gasteiger charge is 2.23. The molecule has 164 valence electrons. The van der Waals surface area contributed by atoms with Gasteiger partial charge in [0.05, 0.1) is 17.8 Å². The molecule has 0 radical (unpaired) electrons. The zero-order valence-electron chi connectivity index (χ0n) is 17.7. The van der Waals surface area contributed by atoms with Crippen molar-refractivity contribution in [2.75, 3.05) is 25.0 Å². The van der Waals surface area contributed by atoms with E-state index in [9.17, 15) is 9.59 Å². The molecular weight excluding hydrogens is 404 g/mol. The summed E-state index contributed by atoms with van der Waals surface area (Å²) in [7, 11) is 0. The zero-order chi connectivity index (χ0) is 22.2. The van der Waals surface area contributed by atoms with Crippen molar-refractivity contribution in [1.29, 1.82) is 0 Å². The molecule has 1 aromatic heterocycles. The van der Waals surface area contributed by atoms with Crippen LogP contribution < -0.4 is 15.4 Å². The average Bonchev–Trinajstić information content (AvgIpc) is 2.83. The number of hydrogen-bond donors (Lipinski definition) is 2. The molecule has 2 amide bonds. The lowest BCUT2D eigenvalue weighted by Crippen LogP contribution is -2.46. The van der Waals surface area contributed by atoms with Gasteiger partial charge in [-0.2, -0.15) is 0 Å². The van der Waals surface area contributed by atoms with E-state index in [1.165, 1.54) is 0 Å². The van der Waals surface area contributed by atoms with Crippen molar-refractivity contribution in [3.05, 3.63) is 84.7 Å². The van der Waals surface area contributed by atoms with Gasteiger partial charge in [-0.3, -0.25) is 19.5 Å². The predicted molar refractivity (Wildman–Crippen MR) is 123 cm³/mol. The fourth-order valence-electron chi connectivity index (χ4n) is 3.67. The number of para-hydroxylation sites is 3. The van der Waals surface area contributed by atoms with E-state index in [2.05, 4.69) is 20.5 Å². The van der Waals surface area contributed by atoms with Gasteiger partial charge in [0, 0.05) is 31.5 Å². The Balaban J connectivity index is 1.26. The molecule has 2 heterocycles. The molecule has 2 N–H and O–H groups in total. The Bertz CT molecular complexity index is 1040. The molecule has 7 heteroatoms. The fourth-order valence-corrected chi connectivity index (χ4v) is 3.67. The SMILES string of the molecule is O=C(CN1CCC(NC(=O)c2cccnc2)CC1)Nc1ccccc1Oc1ccccc1. The Hall–Kier alpha value is -3.71. The van der Waals surface area contributed by atoms with Crippen molar-refractivity contribution >= 4 is 17.5 Å². The van der Waals surface area contributed by atoms with Crippen LogP contribution >= 0.6 is 0 Å². The van der Waals surface area contributed by atoms with Crippen molar-refractivity contribution < 1.29 is 14.3 Å². The van der Waals surface area contributed by atoms with Crippen molar-refractivity contribution in [2.45, 2.75) is 18.9 Å². The van der Waals surface area contributed by atoms with E-state index in [1.807, 2.05) is 54.6 Å². The number of aromatic nitrogens is 1. The first kappa shape index (κ1) is 21.5. The van der Waals surface area contributed by atoms with Crippen LogP contribution in [0.5, 0.6) is 11.5 Å². The number of benzene rings is 2. The Morgan fingerprint density at radius 1 is 0.969 bits per heavy atom. The van der Waals surface area contributed by atoms with Crippen LogP contribution in [-0.4, -0.2) is 47.4 Å². The monoisotopic (exact) mass is 430 g/mol. The number of carbonyl (C=O) groups excluding carboxylic acids is 2. The van der Waals surface area contributed by atoms with Crippen LogP contribution in [0.15, 0.2) is 79.1 Å². The van der Waals surface area contributed by atoms with E-state index < -0.39 is 0 Å². The maximum Gasteiger partial charge on any atom is 0.253 e. The Kier molecular flexibility index (Phi) is 7.09. The quantitative estimate of drug-likeness (QED) is 0.597. The first-order valence-electron chi connectivity index (χ1n) is 10.7. The molecule has 0 aliphatic carbocycles. The molecule has 1 aliphatic heterocycles. The third-order valence-corrected chi connectivity index (χ3v) is 5.35. The fraction of sp³-hybridized carbons (Fsp3) is 0.240. The molecule has 32 heavy (non-hydrogen) atoms. The molecule has 1 fully saturated rings. The highest BCUT2D eigenvalue weighted by molar-refractivity contribution is 5.94. The molecule has 1 saturated heterocycles. The second-order valence-corrected chi connectivity index (χ2v) is 7.73. The van der Waals surface area contributed by atoms with E-state index in [0.717, 1.165) is 25.9 Å². The maximum atomic E-state index is 12.6. The van der Waals surface area contributed by atoms with Crippen LogP contribution in [0.25, 0.3) is 0 Å². The number of likely N-dealkylation sites (tertiary alicyclic amines) is 1.